The molecule has 13 heavy (non-hydrogen) atoms. The molecule has 3 nitrogen and oxygen atoms in total. The van der Waals surface area contributed by atoms with Crippen LogP contribution >= 0.6 is 35.7 Å². The van der Waals surface area contributed by atoms with Crippen LogP contribution in [-0.4, -0.2) is 26.9 Å². The lowest BCUT2D eigenvalue weighted by Crippen LogP contribution is -2.27. The fourth-order valence-electron chi connectivity index (χ4n) is 0.925. The van der Waals surface area contributed by atoms with E-state index >= 15 is 0 Å². The Labute approximate surface area is 92.3 Å². The molecule has 0 unspecified atom stereocenters. The molecule has 1 aliphatic rings. The highest BCUT2D eigenvalue weighted by molar-refractivity contribution is 8.18. The molecule has 0 radical (unpaired) electrons. The summed E-state index contributed by atoms with van der Waals surface area (Å²) in [5.74, 6) is 2.44. The van der Waals surface area contributed by atoms with Gasteiger partial charge in [0, 0.05) is 0 Å². The Bertz CT molecular complexity index is 211. The molecule has 0 bridgehead atoms. The Kier molecular flexibility index (Phi) is 4.90. The summed E-state index contributed by atoms with van der Waals surface area (Å²) in [7, 11) is 0. The Morgan fingerprint density at radius 1 is 1.54 bits per heavy atom. The molecule has 0 atom stereocenters. The lowest BCUT2D eigenvalue weighted by atomic mass is 10.5. The van der Waals surface area contributed by atoms with Crippen molar-refractivity contribution < 1.29 is 0 Å². The van der Waals surface area contributed by atoms with Crippen molar-refractivity contribution in [2.75, 3.05) is 11.5 Å². The van der Waals surface area contributed by atoms with Crippen molar-refractivity contribution in [1.82, 2.24) is 5.43 Å². The lowest BCUT2D eigenvalue weighted by molar-refractivity contribution is 1.02. The molecule has 6 heteroatoms. The van der Waals surface area contributed by atoms with Gasteiger partial charge in [-0.25, -0.2) is 0 Å². The molecule has 1 aliphatic heterocycles. The van der Waals surface area contributed by atoms with Crippen LogP contribution in [0.2, 0.25) is 0 Å². The number of hydrazone groups is 1. The van der Waals surface area contributed by atoms with Gasteiger partial charge in [-0.05, 0) is 37.1 Å². The first kappa shape index (κ1) is 11.1. The second-order valence-corrected chi connectivity index (χ2v) is 5.82. The maximum atomic E-state index is 5.27. The molecule has 1 saturated heterocycles. The van der Waals surface area contributed by atoms with Gasteiger partial charge in [0.05, 0.1) is 10.3 Å². The van der Waals surface area contributed by atoms with Crippen LogP contribution in [0.5, 0.6) is 0 Å². The number of nitrogens with two attached hydrogens (primary N) is 1. The molecule has 0 aromatic carbocycles. The van der Waals surface area contributed by atoms with Crippen molar-refractivity contribution in [2.24, 2.45) is 10.8 Å². The van der Waals surface area contributed by atoms with E-state index in [1.54, 1.807) is 0 Å². The van der Waals surface area contributed by atoms with Gasteiger partial charge in [-0.15, -0.1) is 23.5 Å². The first-order valence-electron chi connectivity index (χ1n) is 4.03. The third-order valence-electron chi connectivity index (χ3n) is 1.51. The molecule has 74 valence electrons. The largest absolute Gasteiger partial charge is 0.375 e. The van der Waals surface area contributed by atoms with E-state index in [-0.39, 0.29) is 5.11 Å². The number of rotatable bonds is 2. The van der Waals surface area contributed by atoms with E-state index in [2.05, 4.69) is 22.7 Å². The van der Waals surface area contributed by atoms with E-state index in [0.29, 0.717) is 4.58 Å². The number of nitrogens with zero attached hydrogens (tertiary/aromatic N) is 1. The molecule has 0 aliphatic carbocycles. The molecule has 1 heterocycles. The average Bonchev–Trinajstić information content (AvgIpc) is 2.15. The van der Waals surface area contributed by atoms with E-state index in [0.717, 1.165) is 5.71 Å². The SMILES string of the molecule is C/C(=N/NC(N)=S)C1SCCCS1. The number of hydrogen-bond donors (Lipinski definition) is 2. The van der Waals surface area contributed by atoms with Crippen LogP contribution in [-0.2, 0) is 0 Å². The summed E-state index contributed by atoms with van der Waals surface area (Å²) in [5.41, 5.74) is 8.94. The molecule has 1 rings (SSSR count). The molecule has 3 N–H and O–H groups in total. The second kappa shape index (κ2) is 5.72. The average molecular weight is 235 g/mol. The van der Waals surface area contributed by atoms with Gasteiger partial charge in [0.1, 0.15) is 0 Å². The molecule has 0 saturated carbocycles. The highest BCUT2D eigenvalue weighted by atomic mass is 32.2. The monoisotopic (exact) mass is 235 g/mol. The maximum absolute atomic E-state index is 5.27. The van der Waals surface area contributed by atoms with Crippen molar-refractivity contribution in [2.45, 2.75) is 17.9 Å². The van der Waals surface area contributed by atoms with Crippen LogP contribution in [0.15, 0.2) is 5.10 Å². The van der Waals surface area contributed by atoms with Gasteiger partial charge < -0.3 is 5.73 Å². The summed E-state index contributed by atoms with van der Waals surface area (Å²) < 4.78 is 0.468. The molecule has 0 aromatic rings. The maximum Gasteiger partial charge on any atom is 0.184 e. The molecule has 0 aromatic heterocycles. The van der Waals surface area contributed by atoms with Crippen LogP contribution in [0.4, 0.5) is 0 Å². The van der Waals surface area contributed by atoms with E-state index in [1.165, 1.54) is 17.9 Å². The van der Waals surface area contributed by atoms with Gasteiger partial charge in [-0.3, -0.25) is 5.43 Å². The lowest BCUT2D eigenvalue weighted by Gasteiger charge is -2.20. The van der Waals surface area contributed by atoms with E-state index in [4.69, 9.17) is 5.73 Å². The van der Waals surface area contributed by atoms with Crippen molar-refractivity contribution in [3.8, 4) is 0 Å². The predicted molar refractivity (Wildman–Crippen MR) is 66.4 cm³/mol. The van der Waals surface area contributed by atoms with E-state index < -0.39 is 0 Å². The van der Waals surface area contributed by atoms with Crippen molar-refractivity contribution in [3.63, 3.8) is 0 Å². The Morgan fingerprint density at radius 3 is 2.69 bits per heavy atom. The van der Waals surface area contributed by atoms with Crippen molar-refractivity contribution >= 4 is 46.6 Å². The standard InChI is InChI=1S/C7H13N3S3/c1-5(9-10-7(8)11)6-12-3-2-4-13-6/h6H,2-4H2,1H3,(H3,8,10,11)/b9-5-. The first-order valence-corrected chi connectivity index (χ1v) is 6.53. The van der Waals surface area contributed by atoms with Gasteiger partial charge >= 0.3 is 0 Å². The zero-order chi connectivity index (χ0) is 9.68. The quantitative estimate of drug-likeness (QED) is 0.430. The van der Waals surface area contributed by atoms with Crippen molar-refractivity contribution in [3.05, 3.63) is 0 Å². The number of thiocarbonyl (C=S) groups is 1. The number of hydrogen-bond acceptors (Lipinski definition) is 4. The third kappa shape index (κ3) is 4.19. The minimum absolute atomic E-state index is 0.227. The predicted octanol–water partition coefficient (Wildman–Crippen LogP) is 1.39. The normalized spacial score (nSPS) is 19.9. The Morgan fingerprint density at radius 2 is 2.15 bits per heavy atom. The second-order valence-electron chi connectivity index (χ2n) is 2.66. The highest BCUT2D eigenvalue weighted by Crippen LogP contribution is 2.31. The van der Waals surface area contributed by atoms with Crippen molar-refractivity contribution in [1.29, 1.82) is 0 Å². The van der Waals surface area contributed by atoms with E-state index in [1.807, 2.05) is 30.4 Å². The summed E-state index contributed by atoms with van der Waals surface area (Å²) in [5, 5.41) is 4.33. The van der Waals surface area contributed by atoms with Gasteiger partial charge in [-0.1, -0.05) is 0 Å². The Hall–Kier alpha value is 0.0600. The Balaban J connectivity index is 2.39. The van der Waals surface area contributed by atoms with Crippen LogP contribution in [0, 0.1) is 0 Å². The molecular weight excluding hydrogens is 222 g/mol. The van der Waals surface area contributed by atoms with Crippen LogP contribution in [0.3, 0.4) is 0 Å². The first-order chi connectivity index (χ1) is 6.20. The van der Waals surface area contributed by atoms with Gasteiger partial charge in [0.2, 0.25) is 0 Å². The van der Waals surface area contributed by atoms with Gasteiger partial charge in [-0.2, -0.15) is 5.10 Å². The van der Waals surface area contributed by atoms with Crippen LogP contribution in [0.25, 0.3) is 0 Å². The van der Waals surface area contributed by atoms with Gasteiger partial charge in [0.15, 0.2) is 5.11 Å². The van der Waals surface area contributed by atoms with Gasteiger partial charge in [0.25, 0.3) is 0 Å². The smallest absolute Gasteiger partial charge is 0.184 e. The zero-order valence-electron chi connectivity index (χ0n) is 7.45. The number of thioether (sulfide) groups is 2. The fourth-order valence-corrected chi connectivity index (χ4v) is 3.75. The van der Waals surface area contributed by atoms with Crippen LogP contribution < -0.4 is 11.2 Å². The molecule has 1 fully saturated rings. The summed E-state index contributed by atoms with van der Waals surface area (Å²) >= 11 is 8.52. The van der Waals surface area contributed by atoms with E-state index in [9.17, 15) is 0 Å². The molecule has 0 spiro atoms. The zero-order valence-corrected chi connectivity index (χ0v) is 9.90. The summed E-state index contributed by atoms with van der Waals surface area (Å²) in [4.78, 5) is 0. The summed E-state index contributed by atoms with van der Waals surface area (Å²) in [6.45, 7) is 2.00. The number of nitrogens with one attached hydrogen (secondary N) is 1. The summed E-state index contributed by atoms with van der Waals surface area (Å²) in [6, 6.07) is 0. The minimum atomic E-state index is 0.227. The fraction of sp³-hybridized carbons (Fsp3) is 0.714. The molecule has 0 amide bonds. The summed E-state index contributed by atoms with van der Waals surface area (Å²) in [6.07, 6.45) is 1.29. The van der Waals surface area contributed by atoms with Crippen LogP contribution in [0.1, 0.15) is 13.3 Å². The minimum Gasteiger partial charge on any atom is -0.375 e. The third-order valence-corrected chi connectivity index (χ3v) is 4.75. The topological polar surface area (TPSA) is 50.4 Å². The highest BCUT2D eigenvalue weighted by Gasteiger charge is 2.17. The molecular formula is C7H13N3S3.